The number of nitrogens with zero attached hydrogens (tertiary/aromatic N) is 2. The van der Waals surface area contributed by atoms with Crippen molar-refractivity contribution in [2.45, 2.75) is 18.4 Å². The molecule has 0 aliphatic carbocycles. The third-order valence-electron chi connectivity index (χ3n) is 3.49. The number of nitrogens with one attached hydrogen (secondary N) is 1. The molecule has 3 aromatic rings. The second-order valence-corrected chi connectivity index (χ2v) is 7.23. The van der Waals surface area contributed by atoms with Crippen LogP contribution in [0.15, 0.2) is 35.4 Å². The third-order valence-corrected chi connectivity index (χ3v) is 4.75. The lowest BCUT2D eigenvalue weighted by Gasteiger charge is -2.08. The fourth-order valence-electron chi connectivity index (χ4n) is 2.54. The van der Waals surface area contributed by atoms with Gasteiger partial charge in [-0.25, -0.2) is 8.42 Å². The van der Waals surface area contributed by atoms with Gasteiger partial charge in [0.15, 0.2) is 9.84 Å². The van der Waals surface area contributed by atoms with Crippen LogP contribution in [0.4, 0.5) is 8.78 Å². The lowest BCUT2D eigenvalue weighted by atomic mass is 10.1. The van der Waals surface area contributed by atoms with E-state index in [1.165, 1.54) is 12.3 Å². The molecule has 6 nitrogen and oxygen atoms in total. The minimum absolute atomic E-state index is 0.203. The van der Waals surface area contributed by atoms with E-state index in [4.69, 9.17) is 0 Å². The topological polar surface area (TPSA) is 84.9 Å². The zero-order valence-electron chi connectivity index (χ0n) is 12.7. The number of aromatic nitrogens is 3. The maximum Gasteiger partial charge on any atom is 0.388 e. The summed E-state index contributed by atoms with van der Waals surface area (Å²) in [6, 6.07) is 6.26. The molecule has 0 spiro atoms. The molecule has 24 heavy (non-hydrogen) atoms. The minimum Gasteiger partial charge on any atom is -0.415 e. The van der Waals surface area contributed by atoms with Gasteiger partial charge in [0, 0.05) is 18.0 Å². The summed E-state index contributed by atoms with van der Waals surface area (Å²) in [7, 11) is -3.35. The number of halogens is 2. The van der Waals surface area contributed by atoms with E-state index in [9.17, 15) is 17.2 Å². The van der Waals surface area contributed by atoms with Gasteiger partial charge in [-0.05, 0) is 30.7 Å². The smallest absolute Gasteiger partial charge is 0.388 e. The first-order valence-electron chi connectivity index (χ1n) is 6.86. The molecule has 0 unspecified atom stereocenters. The summed E-state index contributed by atoms with van der Waals surface area (Å²) in [4.78, 5) is 4.42. The molecule has 3 rings (SSSR count). The Hall–Kier alpha value is -2.55. The van der Waals surface area contributed by atoms with Gasteiger partial charge in [0.2, 0.25) is 5.88 Å². The van der Waals surface area contributed by atoms with E-state index in [0.717, 1.165) is 6.26 Å². The lowest BCUT2D eigenvalue weighted by Crippen LogP contribution is -2.03. The molecule has 1 N–H and O–H groups in total. The Morgan fingerprint density at radius 2 is 2.00 bits per heavy atom. The molecule has 126 valence electrons. The molecule has 0 atom stereocenters. The molecule has 0 saturated carbocycles. The van der Waals surface area contributed by atoms with Gasteiger partial charge in [-0.2, -0.15) is 8.78 Å². The molecule has 0 radical (unpaired) electrons. The summed E-state index contributed by atoms with van der Waals surface area (Å²) in [5, 5.41) is 6.66. The van der Waals surface area contributed by atoms with Crippen molar-refractivity contribution < 1.29 is 21.9 Å². The molecule has 0 bridgehead atoms. The fourth-order valence-corrected chi connectivity index (χ4v) is 3.50. The molecule has 0 saturated heterocycles. The molecule has 9 heteroatoms. The number of hydrogen-bond acceptors (Lipinski definition) is 5. The second kappa shape index (κ2) is 5.82. The van der Waals surface area contributed by atoms with Gasteiger partial charge < -0.3 is 4.74 Å². The quantitative estimate of drug-likeness (QED) is 0.779. The maximum atomic E-state index is 12.5. The predicted molar refractivity (Wildman–Crippen MR) is 83.8 cm³/mol. The molecule has 0 amide bonds. The number of benzene rings is 1. The zero-order valence-corrected chi connectivity index (χ0v) is 13.6. The van der Waals surface area contributed by atoms with E-state index in [1.54, 1.807) is 25.1 Å². The van der Waals surface area contributed by atoms with Crippen LogP contribution in [0.5, 0.6) is 5.88 Å². The SMILES string of the molecule is Cc1cc(-c2nccc3[nH]nc(OC(F)F)c23)ccc1S(C)(=O)=O. The van der Waals surface area contributed by atoms with Crippen LogP contribution in [0.2, 0.25) is 0 Å². The van der Waals surface area contributed by atoms with Gasteiger partial charge in [0.05, 0.1) is 21.5 Å². The van der Waals surface area contributed by atoms with Crippen LogP contribution in [0.1, 0.15) is 5.56 Å². The van der Waals surface area contributed by atoms with Gasteiger partial charge in [0.1, 0.15) is 0 Å². The number of pyridine rings is 1. The van der Waals surface area contributed by atoms with Gasteiger partial charge in [0.25, 0.3) is 0 Å². The number of ether oxygens (including phenoxy) is 1. The highest BCUT2D eigenvalue weighted by atomic mass is 32.2. The summed E-state index contributed by atoms with van der Waals surface area (Å²) < 4.78 is 52.9. The average Bonchev–Trinajstić information content (AvgIpc) is 2.88. The maximum absolute atomic E-state index is 12.5. The first-order valence-corrected chi connectivity index (χ1v) is 8.75. The van der Waals surface area contributed by atoms with Crippen molar-refractivity contribution in [3.63, 3.8) is 0 Å². The number of aromatic amines is 1. The van der Waals surface area contributed by atoms with E-state index >= 15 is 0 Å². The number of fused-ring (bicyclic) bond motifs is 1. The molecule has 0 aliphatic heterocycles. The van der Waals surface area contributed by atoms with Crippen molar-refractivity contribution in [2.75, 3.05) is 6.26 Å². The van der Waals surface area contributed by atoms with E-state index in [2.05, 4.69) is 19.9 Å². The van der Waals surface area contributed by atoms with Crippen molar-refractivity contribution in [2.24, 2.45) is 0 Å². The summed E-state index contributed by atoms with van der Waals surface area (Å²) in [6.45, 7) is -1.36. The van der Waals surface area contributed by atoms with Crippen molar-refractivity contribution in [1.29, 1.82) is 0 Å². The number of sulfone groups is 1. The summed E-state index contributed by atoms with van der Waals surface area (Å²) >= 11 is 0. The van der Waals surface area contributed by atoms with E-state index in [0.29, 0.717) is 27.7 Å². The Kier molecular flexibility index (Phi) is 3.96. The average molecular weight is 353 g/mol. The highest BCUT2D eigenvalue weighted by Gasteiger charge is 2.18. The minimum atomic E-state index is -3.35. The van der Waals surface area contributed by atoms with Crippen LogP contribution in [0.25, 0.3) is 22.2 Å². The molecular weight excluding hydrogens is 340 g/mol. The van der Waals surface area contributed by atoms with Crippen LogP contribution in [0.3, 0.4) is 0 Å². The first-order chi connectivity index (χ1) is 11.3. The van der Waals surface area contributed by atoms with Crippen molar-refractivity contribution >= 4 is 20.7 Å². The lowest BCUT2D eigenvalue weighted by molar-refractivity contribution is -0.0518. The molecule has 2 aromatic heterocycles. The van der Waals surface area contributed by atoms with Crippen molar-refractivity contribution in [3.8, 4) is 17.1 Å². The van der Waals surface area contributed by atoms with Crippen molar-refractivity contribution in [1.82, 2.24) is 15.2 Å². The largest absolute Gasteiger partial charge is 0.415 e. The van der Waals surface area contributed by atoms with Crippen LogP contribution < -0.4 is 4.74 Å². The number of H-pyrrole nitrogens is 1. The zero-order chi connectivity index (χ0) is 17.5. The second-order valence-electron chi connectivity index (χ2n) is 5.24. The normalized spacial score (nSPS) is 12.0. The molecule has 1 aromatic carbocycles. The molecule has 0 aliphatic rings. The van der Waals surface area contributed by atoms with Gasteiger partial charge in [-0.1, -0.05) is 6.07 Å². The first kappa shape index (κ1) is 16.3. The number of aryl methyl sites for hydroxylation is 1. The van der Waals surface area contributed by atoms with Crippen LogP contribution in [-0.2, 0) is 9.84 Å². The number of alkyl halides is 2. The molecule has 0 fully saturated rings. The highest BCUT2D eigenvalue weighted by molar-refractivity contribution is 7.90. The summed E-state index contributed by atoms with van der Waals surface area (Å²) in [5.41, 5.74) is 1.97. The Bertz CT molecular complexity index is 1020. The standard InChI is InChI=1S/C15H13F2N3O3S/c1-8-7-9(3-4-11(8)24(2,21)22)13-12-10(5-6-18-13)19-20-14(12)23-15(16)17/h3-7,15H,1-2H3,(H,19,20). The predicted octanol–water partition coefficient (Wildman–Crippen LogP) is 2.94. The molecule has 2 heterocycles. The Labute approximate surface area is 136 Å². The van der Waals surface area contributed by atoms with E-state index in [1.807, 2.05) is 0 Å². The summed E-state index contributed by atoms with van der Waals surface area (Å²) in [6.07, 6.45) is 2.63. The van der Waals surface area contributed by atoms with Crippen LogP contribution in [0, 0.1) is 6.92 Å². The van der Waals surface area contributed by atoms with Gasteiger partial charge in [-0.15, -0.1) is 5.10 Å². The van der Waals surface area contributed by atoms with E-state index in [-0.39, 0.29) is 10.8 Å². The Morgan fingerprint density at radius 1 is 1.25 bits per heavy atom. The van der Waals surface area contributed by atoms with Gasteiger partial charge >= 0.3 is 6.61 Å². The van der Waals surface area contributed by atoms with Gasteiger partial charge in [-0.3, -0.25) is 10.1 Å². The molecular formula is C15H13F2N3O3S. The Morgan fingerprint density at radius 3 is 2.62 bits per heavy atom. The Balaban J connectivity index is 2.19. The van der Waals surface area contributed by atoms with E-state index < -0.39 is 16.4 Å². The van der Waals surface area contributed by atoms with Crippen molar-refractivity contribution in [3.05, 3.63) is 36.0 Å². The van der Waals surface area contributed by atoms with Crippen LogP contribution >= 0.6 is 0 Å². The summed E-state index contributed by atoms with van der Waals surface area (Å²) in [5.74, 6) is -0.257. The fraction of sp³-hybridized carbons (Fsp3) is 0.200. The third kappa shape index (κ3) is 2.94. The van der Waals surface area contributed by atoms with Crippen LogP contribution in [-0.4, -0.2) is 36.5 Å². The highest BCUT2D eigenvalue weighted by Crippen LogP contribution is 2.33. The monoisotopic (exact) mass is 353 g/mol. The number of hydrogen-bond donors (Lipinski definition) is 1. The number of rotatable bonds is 4.